The number of aryl methyl sites for hydroxylation is 2. The quantitative estimate of drug-likeness (QED) is 0.884. The minimum atomic E-state index is 0.0791. The topological polar surface area (TPSA) is 45.0 Å². The maximum Gasteiger partial charge on any atom is 0.174 e. The molecule has 0 fully saturated rings. The van der Waals surface area contributed by atoms with E-state index in [4.69, 9.17) is 10.00 Å². The lowest BCUT2D eigenvalue weighted by Crippen LogP contribution is -2.07. The Hall–Kier alpha value is -2.47. The maximum absolute atomic E-state index is 8.49. The van der Waals surface area contributed by atoms with Crippen molar-refractivity contribution in [1.29, 1.82) is 5.26 Å². The molecule has 1 unspecified atom stereocenters. The van der Waals surface area contributed by atoms with Crippen molar-refractivity contribution < 1.29 is 4.74 Å². The molecule has 3 heteroatoms. The number of ether oxygens (including phenoxy) is 1. The fourth-order valence-electron chi connectivity index (χ4n) is 2.36. The van der Waals surface area contributed by atoms with Crippen molar-refractivity contribution in [1.82, 2.24) is 0 Å². The van der Waals surface area contributed by atoms with Crippen LogP contribution >= 0.6 is 0 Å². The Morgan fingerprint density at radius 2 is 1.71 bits per heavy atom. The minimum Gasteiger partial charge on any atom is -0.479 e. The Morgan fingerprint density at radius 3 is 2.29 bits per heavy atom. The number of rotatable bonds is 5. The second kappa shape index (κ2) is 6.81. The van der Waals surface area contributed by atoms with Gasteiger partial charge in [-0.2, -0.15) is 5.26 Å². The molecule has 2 aromatic rings. The highest BCUT2D eigenvalue weighted by Gasteiger charge is 2.06. The summed E-state index contributed by atoms with van der Waals surface area (Å²) in [7, 11) is 0. The average molecular weight is 280 g/mol. The fourth-order valence-corrected chi connectivity index (χ4v) is 2.36. The van der Waals surface area contributed by atoms with Crippen molar-refractivity contribution in [2.24, 2.45) is 0 Å². The zero-order valence-electron chi connectivity index (χ0n) is 12.7. The van der Waals surface area contributed by atoms with Gasteiger partial charge in [0.2, 0.25) is 0 Å². The van der Waals surface area contributed by atoms with Gasteiger partial charge in [-0.1, -0.05) is 18.2 Å². The van der Waals surface area contributed by atoms with Crippen LogP contribution in [0.2, 0.25) is 0 Å². The van der Waals surface area contributed by atoms with Gasteiger partial charge in [-0.25, -0.2) is 0 Å². The fraction of sp³-hybridized carbons (Fsp3) is 0.278. The van der Waals surface area contributed by atoms with Crippen LogP contribution in [-0.2, 0) is 0 Å². The number of hydrogen-bond donors (Lipinski definition) is 1. The molecule has 2 rings (SSSR count). The number of benzene rings is 2. The van der Waals surface area contributed by atoms with Crippen molar-refractivity contribution in [3.63, 3.8) is 0 Å². The Kier molecular flexibility index (Phi) is 4.84. The lowest BCUT2D eigenvalue weighted by molar-refractivity contribution is 0.368. The normalized spacial score (nSPS) is 11.5. The summed E-state index contributed by atoms with van der Waals surface area (Å²) in [6.45, 7) is 6.41. The van der Waals surface area contributed by atoms with Crippen LogP contribution in [0.5, 0.6) is 5.75 Å². The number of anilines is 1. The van der Waals surface area contributed by atoms with Crippen molar-refractivity contribution in [3.8, 4) is 11.8 Å². The molecule has 1 atom stereocenters. The van der Waals surface area contributed by atoms with E-state index < -0.39 is 0 Å². The highest BCUT2D eigenvalue weighted by Crippen LogP contribution is 2.23. The summed E-state index contributed by atoms with van der Waals surface area (Å²) in [6, 6.07) is 16.5. The first kappa shape index (κ1) is 14.9. The van der Waals surface area contributed by atoms with Crippen LogP contribution in [0.3, 0.4) is 0 Å². The van der Waals surface area contributed by atoms with Crippen LogP contribution in [-0.4, -0.2) is 6.61 Å². The van der Waals surface area contributed by atoms with E-state index in [2.05, 4.69) is 44.3 Å². The minimum absolute atomic E-state index is 0.0791. The van der Waals surface area contributed by atoms with E-state index >= 15 is 0 Å². The highest BCUT2D eigenvalue weighted by atomic mass is 16.5. The zero-order valence-corrected chi connectivity index (χ0v) is 12.7. The van der Waals surface area contributed by atoms with Gasteiger partial charge in [0.05, 0.1) is 0 Å². The van der Waals surface area contributed by atoms with E-state index in [1.807, 2.05) is 30.3 Å². The van der Waals surface area contributed by atoms with Crippen LogP contribution in [0.15, 0.2) is 42.5 Å². The van der Waals surface area contributed by atoms with Gasteiger partial charge < -0.3 is 10.1 Å². The molecule has 0 amide bonds. The number of nitrogens with one attached hydrogen (secondary N) is 1. The second-order valence-electron chi connectivity index (χ2n) is 5.26. The molecule has 21 heavy (non-hydrogen) atoms. The predicted molar refractivity (Wildman–Crippen MR) is 85.5 cm³/mol. The van der Waals surface area contributed by atoms with Gasteiger partial charge >= 0.3 is 0 Å². The van der Waals surface area contributed by atoms with Crippen molar-refractivity contribution in [2.45, 2.75) is 26.8 Å². The van der Waals surface area contributed by atoms with Gasteiger partial charge in [-0.05, 0) is 61.7 Å². The molecule has 0 saturated heterocycles. The Bertz CT molecular complexity index is 621. The van der Waals surface area contributed by atoms with E-state index in [-0.39, 0.29) is 12.6 Å². The lowest BCUT2D eigenvalue weighted by Gasteiger charge is -2.17. The average Bonchev–Trinajstić information content (AvgIpc) is 2.44. The summed E-state index contributed by atoms with van der Waals surface area (Å²) in [6.07, 6.45) is 0. The molecular weight excluding hydrogens is 260 g/mol. The van der Waals surface area contributed by atoms with Crippen LogP contribution < -0.4 is 10.1 Å². The van der Waals surface area contributed by atoms with Gasteiger partial charge in [0, 0.05) is 11.7 Å². The molecule has 0 aromatic heterocycles. The largest absolute Gasteiger partial charge is 0.479 e. The summed E-state index contributed by atoms with van der Waals surface area (Å²) in [5, 5.41) is 12.0. The summed E-state index contributed by atoms with van der Waals surface area (Å²) in [4.78, 5) is 0. The van der Waals surface area contributed by atoms with E-state index in [0.717, 1.165) is 11.4 Å². The van der Waals surface area contributed by atoms with Crippen LogP contribution in [0, 0.1) is 25.2 Å². The third kappa shape index (κ3) is 4.25. The van der Waals surface area contributed by atoms with Gasteiger partial charge in [0.15, 0.2) is 6.61 Å². The molecule has 1 N–H and O–H groups in total. The Balaban J connectivity index is 2.06. The van der Waals surface area contributed by atoms with Crippen molar-refractivity contribution >= 4 is 5.69 Å². The maximum atomic E-state index is 8.49. The number of nitriles is 1. The zero-order chi connectivity index (χ0) is 15.2. The van der Waals surface area contributed by atoms with Gasteiger partial charge in [-0.3, -0.25) is 0 Å². The van der Waals surface area contributed by atoms with E-state index in [1.165, 1.54) is 16.7 Å². The molecule has 0 aliphatic rings. The van der Waals surface area contributed by atoms with Gasteiger partial charge in [0.25, 0.3) is 0 Å². The van der Waals surface area contributed by atoms with Crippen LogP contribution in [0.4, 0.5) is 5.69 Å². The third-order valence-corrected chi connectivity index (χ3v) is 3.29. The molecule has 0 heterocycles. The molecule has 0 aliphatic heterocycles. The molecule has 0 bridgehead atoms. The molecule has 108 valence electrons. The van der Waals surface area contributed by atoms with Crippen molar-refractivity contribution in [2.75, 3.05) is 11.9 Å². The van der Waals surface area contributed by atoms with Crippen molar-refractivity contribution in [3.05, 3.63) is 59.2 Å². The molecule has 3 nitrogen and oxygen atoms in total. The molecule has 0 radical (unpaired) electrons. The summed E-state index contributed by atoms with van der Waals surface area (Å²) in [5.74, 6) is 0.721. The second-order valence-corrected chi connectivity index (χ2v) is 5.26. The van der Waals surface area contributed by atoms with E-state index in [1.54, 1.807) is 0 Å². The summed E-state index contributed by atoms with van der Waals surface area (Å²) in [5.41, 5.74) is 4.82. The monoisotopic (exact) mass is 280 g/mol. The molecular formula is C18H20N2O. The standard InChI is InChI=1S/C18H20N2O/c1-13-10-14(2)12-17(11-13)20-15(3)16-4-6-18(7-5-16)21-9-8-19/h4-7,10-12,15,20H,9H2,1-3H3. The first-order valence-corrected chi connectivity index (χ1v) is 7.03. The SMILES string of the molecule is Cc1cc(C)cc(NC(C)c2ccc(OCC#N)cc2)c1. The Morgan fingerprint density at radius 1 is 1.10 bits per heavy atom. The molecule has 0 aliphatic carbocycles. The van der Waals surface area contributed by atoms with E-state index in [0.29, 0.717) is 0 Å². The van der Waals surface area contributed by atoms with E-state index in [9.17, 15) is 0 Å². The predicted octanol–water partition coefficient (Wildman–Crippen LogP) is 4.38. The number of nitrogens with zero attached hydrogens (tertiary/aromatic N) is 1. The van der Waals surface area contributed by atoms with Gasteiger partial charge in [0.1, 0.15) is 11.8 Å². The third-order valence-electron chi connectivity index (χ3n) is 3.29. The molecule has 0 spiro atoms. The molecule has 2 aromatic carbocycles. The number of hydrogen-bond acceptors (Lipinski definition) is 3. The van der Waals surface area contributed by atoms with Crippen LogP contribution in [0.25, 0.3) is 0 Å². The highest BCUT2D eigenvalue weighted by molar-refractivity contribution is 5.50. The van der Waals surface area contributed by atoms with Crippen LogP contribution in [0.1, 0.15) is 29.7 Å². The smallest absolute Gasteiger partial charge is 0.174 e. The first-order chi connectivity index (χ1) is 10.1. The van der Waals surface area contributed by atoms with Gasteiger partial charge in [-0.15, -0.1) is 0 Å². The first-order valence-electron chi connectivity index (χ1n) is 7.03. The summed E-state index contributed by atoms with van der Waals surface area (Å²) < 4.78 is 5.26. The molecule has 0 saturated carbocycles. The Labute approximate surface area is 126 Å². The summed E-state index contributed by atoms with van der Waals surface area (Å²) >= 11 is 0. The lowest BCUT2D eigenvalue weighted by atomic mass is 10.1.